The van der Waals surface area contributed by atoms with Crippen molar-refractivity contribution in [1.82, 2.24) is 10.2 Å². The average molecular weight is 228 g/mol. The molecule has 0 aliphatic heterocycles. The zero-order valence-corrected chi connectivity index (χ0v) is 12.4. The van der Waals surface area contributed by atoms with E-state index in [1.165, 1.54) is 13.1 Å². The van der Waals surface area contributed by atoms with Gasteiger partial charge < -0.3 is 10.2 Å². The fraction of sp³-hybridized carbons (Fsp3) is 1.00. The van der Waals surface area contributed by atoms with Crippen molar-refractivity contribution in [1.29, 1.82) is 0 Å². The van der Waals surface area contributed by atoms with E-state index in [0.717, 1.165) is 24.9 Å². The molecule has 2 heteroatoms. The Labute approximate surface area is 103 Å². The first-order valence-electron chi connectivity index (χ1n) is 6.74. The van der Waals surface area contributed by atoms with E-state index < -0.39 is 0 Å². The van der Waals surface area contributed by atoms with Crippen LogP contribution in [-0.4, -0.2) is 36.6 Å². The van der Waals surface area contributed by atoms with Gasteiger partial charge in [-0.2, -0.15) is 0 Å². The van der Waals surface area contributed by atoms with Crippen molar-refractivity contribution < 1.29 is 0 Å². The first-order chi connectivity index (χ1) is 7.26. The second-order valence-corrected chi connectivity index (χ2v) is 6.40. The monoisotopic (exact) mass is 228 g/mol. The normalized spacial score (nSPS) is 13.1. The number of nitrogens with one attached hydrogen (secondary N) is 1. The molecule has 0 rings (SSSR count). The highest BCUT2D eigenvalue weighted by molar-refractivity contribution is 4.82. The lowest BCUT2D eigenvalue weighted by Crippen LogP contribution is -2.50. The number of hydrogen-bond donors (Lipinski definition) is 1. The van der Waals surface area contributed by atoms with E-state index in [0.29, 0.717) is 0 Å². The van der Waals surface area contributed by atoms with Gasteiger partial charge in [0.25, 0.3) is 0 Å². The Kier molecular flexibility index (Phi) is 7.25. The molecule has 0 heterocycles. The van der Waals surface area contributed by atoms with Gasteiger partial charge in [-0.05, 0) is 32.2 Å². The zero-order chi connectivity index (χ0) is 12.8. The quantitative estimate of drug-likeness (QED) is 0.687. The predicted molar refractivity (Wildman–Crippen MR) is 73.9 cm³/mol. The molecule has 0 fully saturated rings. The molecular formula is C14H32N2. The molecule has 0 spiro atoms. The first kappa shape index (κ1) is 15.9. The summed E-state index contributed by atoms with van der Waals surface area (Å²) in [5, 5.41) is 3.56. The standard InChI is InChI=1S/C14H32N2/c1-8-15-14(6,7)11-16(9-12(2)3)10-13(4)5/h12-13,15H,8-11H2,1-7H3. The van der Waals surface area contributed by atoms with Crippen LogP contribution in [0.4, 0.5) is 0 Å². The van der Waals surface area contributed by atoms with Gasteiger partial charge >= 0.3 is 0 Å². The summed E-state index contributed by atoms with van der Waals surface area (Å²) in [4.78, 5) is 2.60. The second-order valence-electron chi connectivity index (χ2n) is 6.40. The van der Waals surface area contributed by atoms with Crippen LogP contribution in [-0.2, 0) is 0 Å². The maximum Gasteiger partial charge on any atom is 0.0252 e. The van der Waals surface area contributed by atoms with Gasteiger partial charge in [0.2, 0.25) is 0 Å². The highest BCUT2D eigenvalue weighted by atomic mass is 15.2. The lowest BCUT2D eigenvalue weighted by Gasteiger charge is -2.35. The van der Waals surface area contributed by atoms with Gasteiger partial charge in [-0.15, -0.1) is 0 Å². The molecule has 0 aliphatic rings. The van der Waals surface area contributed by atoms with Crippen molar-refractivity contribution in [3.63, 3.8) is 0 Å². The summed E-state index contributed by atoms with van der Waals surface area (Å²) in [6, 6.07) is 0. The predicted octanol–water partition coefficient (Wildman–Crippen LogP) is 2.99. The fourth-order valence-electron chi connectivity index (χ4n) is 2.33. The molecule has 0 saturated carbocycles. The van der Waals surface area contributed by atoms with E-state index in [9.17, 15) is 0 Å². The topological polar surface area (TPSA) is 15.3 Å². The Morgan fingerprint density at radius 1 is 1.00 bits per heavy atom. The van der Waals surface area contributed by atoms with Crippen molar-refractivity contribution >= 4 is 0 Å². The van der Waals surface area contributed by atoms with Gasteiger partial charge in [0.05, 0.1) is 0 Å². The van der Waals surface area contributed by atoms with Gasteiger partial charge in [0, 0.05) is 25.2 Å². The van der Waals surface area contributed by atoms with Crippen LogP contribution in [0.1, 0.15) is 48.5 Å². The van der Waals surface area contributed by atoms with Gasteiger partial charge in [0.15, 0.2) is 0 Å². The first-order valence-corrected chi connectivity index (χ1v) is 6.74. The lowest BCUT2D eigenvalue weighted by molar-refractivity contribution is 0.167. The minimum absolute atomic E-state index is 0.221. The molecule has 16 heavy (non-hydrogen) atoms. The third-order valence-electron chi connectivity index (χ3n) is 2.52. The molecule has 0 aliphatic carbocycles. The molecule has 0 unspecified atom stereocenters. The highest BCUT2D eigenvalue weighted by Crippen LogP contribution is 2.10. The van der Waals surface area contributed by atoms with E-state index in [2.05, 4.69) is 58.7 Å². The molecule has 98 valence electrons. The molecule has 1 N–H and O–H groups in total. The Morgan fingerprint density at radius 2 is 1.44 bits per heavy atom. The number of rotatable bonds is 8. The van der Waals surface area contributed by atoms with Crippen LogP contribution in [0.5, 0.6) is 0 Å². The number of nitrogens with zero attached hydrogens (tertiary/aromatic N) is 1. The van der Waals surface area contributed by atoms with Crippen LogP contribution in [0, 0.1) is 11.8 Å². The van der Waals surface area contributed by atoms with Crippen molar-refractivity contribution in [3.8, 4) is 0 Å². The van der Waals surface area contributed by atoms with Crippen LogP contribution in [0.2, 0.25) is 0 Å². The largest absolute Gasteiger partial charge is 0.311 e. The van der Waals surface area contributed by atoms with Gasteiger partial charge in [-0.1, -0.05) is 34.6 Å². The van der Waals surface area contributed by atoms with E-state index in [-0.39, 0.29) is 5.54 Å². The van der Waals surface area contributed by atoms with E-state index in [4.69, 9.17) is 0 Å². The maximum absolute atomic E-state index is 3.56. The van der Waals surface area contributed by atoms with Crippen molar-refractivity contribution in [2.75, 3.05) is 26.2 Å². The third kappa shape index (κ3) is 8.12. The fourth-order valence-corrected chi connectivity index (χ4v) is 2.33. The molecule has 0 atom stereocenters. The summed E-state index contributed by atoms with van der Waals surface area (Å²) in [5.74, 6) is 1.49. The van der Waals surface area contributed by atoms with Gasteiger partial charge in [0.1, 0.15) is 0 Å². The van der Waals surface area contributed by atoms with Gasteiger partial charge in [-0.25, -0.2) is 0 Å². The summed E-state index contributed by atoms with van der Waals surface area (Å²) < 4.78 is 0. The van der Waals surface area contributed by atoms with E-state index >= 15 is 0 Å². The third-order valence-corrected chi connectivity index (χ3v) is 2.52. The molecule has 0 aromatic rings. The summed E-state index contributed by atoms with van der Waals surface area (Å²) in [6.07, 6.45) is 0. The summed E-state index contributed by atoms with van der Waals surface area (Å²) in [5.41, 5.74) is 0.221. The summed E-state index contributed by atoms with van der Waals surface area (Å²) in [6.45, 7) is 20.6. The molecule has 0 bridgehead atoms. The van der Waals surface area contributed by atoms with Crippen molar-refractivity contribution in [3.05, 3.63) is 0 Å². The molecule has 0 amide bonds. The summed E-state index contributed by atoms with van der Waals surface area (Å²) in [7, 11) is 0. The van der Waals surface area contributed by atoms with Crippen LogP contribution in [0.15, 0.2) is 0 Å². The summed E-state index contributed by atoms with van der Waals surface area (Å²) >= 11 is 0. The number of likely N-dealkylation sites (N-methyl/N-ethyl adjacent to an activating group) is 1. The number of hydrogen-bond acceptors (Lipinski definition) is 2. The molecule has 0 aromatic carbocycles. The zero-order valence-electron chi connectivity index (χ0n) is 12.4. The second kappa shape index (κ2) is 7.29. The Morgan fingerprint density at radius 3 is 1.75 bits per heavy atom. The minimum Gasteiger partial charge on any atom is -0.311 e. The van der Waals surface area contributed by atoms with Crippen molar-refractivity contribution in [2.45, 2.75) is 54.0 Å². The Balaban J connectivity index is 4.28. The van der Waals surface area contributed by atoms with Crippen LogP contribution in [0.3, 0.4) is 0 Å². The smallest absolute Gasteiger partial charge is 0.0252 e. The van der Waals surface area contributed by atoms with Gasteiger partial charge in [-0.3, -0.25) is 0 Å². The minimum atomic E-state index is 0.221. The highest BCUT2D eigenvalue weighted by Gasteiger charge is 2.21. The SMILES string of the molecule is CCNC(C)(C)CN(CC(C)C)CC(C)C. The van der Waals surface area contributed by atoms with E-state index in [1.54, 1.807) is 0 Å². The Bertz CT molecular complexity index is 164. The maximum atomic E-state index is 3.56. The van der Waals surface area contributed by atoms with Crippen LogP contribution >= 0.6 is 0 Å². The molecule has 0 aromatic heterocycles. The lowest BCUT2D eigenvalue weighted by atomic mass is 10.0. The molecular weight excluding hydrogens is 196 g/mol. The average Bonchev–Trinajstić information content (AvgIpc) is 1.98. The Hall–Kier alpha value is -0.0800. The van der Waals surface area contributed by atoms with Crippen LogP contribution < -0.4 is 5.32 Å². The molecule has 2 nitrogen and oxygen atoms in total. The van der Waals surface area contributed by atoms with Crippen LogP contribution in [0.25, 0.3) is 0 Å². The molecule has 0 saturated heterocycles. The van der Waals surface area contributed by atoms with Crippen molar-refractivity contribution in [2.24, 2.45) is 11.8 Å². The van der Waals surface area contributed by atoms with E-state index in [1.807, 2.05) is 0 Å². The molecule has 0 radical (unpaired) electrons.